The van der Waals surface area contributed by atoms with Crippen LogP contribution in [-0.2, 0) is 0 Å². The van der Waals surface area contributed by atoms with Gasteiger partial charge in [-0.25, -0.2) is 4.98 Å². The van der Waals surface area contributed by atoms with Gasteiger partial charge in [-0.3, -0.25) is 14.9 Å². The molecule has 2 aromatic rings. The van der Waals surface area contributed by atoms with Gasteiger partial charge in [0.1, 0.15) is 0 Å². The second-order valence-electron chi connectivity index (χ2n) is 3.03. The highest BCUT2D eigenvalue weighted by atomic mass is 16.6. The quantitative estimate of drug-likeness (QED) is 0.598. The summed E-state index contributed by atoms with van der Waals surface area (Å²) in [6, 6.07) is 2.52. The van der Waals surface area contributed by atoms with E-state index >= 15 is 0 Å². The zero-order valence-corrected chi connectivity index (χ0v) is 8.26. The van der Waals surface area contributed by atoms with E-state index in [2.05, 4.69) is 9.97 Å². The number of nitro groups is 1. The summed E-state index contributed by atoms with van der Waals surface area (Å²) in [6.45, 7) is 0. The number of nitro benzene ring substituents is 1. The zero-order chi connectivity index (χ0) is 11.7. The molecule has 1 aromatic carbocycles. The topological polar surface area (TPSA) is 98.1 Å². The van der Waals surface area contributed by atoms with Gasteiger partial charge in [-0.05, 0) is 0 Å². The summed E-state index contributed by atoms with van der Waals surface area (Å²) in [4.78, 5) is 27.8. The van der Waals surface area contributed by atoms with E-state index in [1.807, 2.05) is 0 Å². The van der Waals surface area contributed by atoms with Crippen LogP contribution in [0.15, 0.2) is 23.3 Å². The van der Waals surface area contributed by atoms with E-state index in [0.29, 0.717) is 0 Å². The van der Waals surface area contributed by atoms with Crippen LogP contribution in [0.25, 0.3) is 10.9 Å². The fourth-order valence-corrected chi connectivity index (χ4v) is 1.39. The fourth-order valence-electron chi connectivity index (χ4n) is 1.39. The van der Waals surface area contributed by atoms with Crippen LogP contribution in [0.1, 0.15) is 0 Å². The number of methoxy groups -OCH3 is 1. The van der Waals surface area contributed by atoms with E-state index in [0.717, 1.165) is 0 Å². The van der Waals surface area contributed by atoms with Crippen LogP contribution in [-0.4, -0.2) is 22.0 Å². The van der Waals surface area contributed by atoms with Crippen molar-refractivity contribution in [3.05, 3.63) is 38.9 Å². The summed E-state index contributed by atoms with van der Waals surface area (Å²) < 4.78 is 4.85. The monoisotopic (exact) mass is 221 g/mol. The fraction of sp³-hybridized carbons (Fsp3) is 0.111. The molecule has 0 aliphatic carbocycles. The van der Waals surface area contributed by atoms with Gasteiger partial charge in [0.05, 0.1) is 29.3 Å². The van der Waals surface area contributed by atoms with Crippen LogP contribution < -0.4 is 10.3 Å². The van der Waals surface area contributed by atoms with Crippen LogP contribution in [0.3, 0.4) is 0 Å². The molecule has 1 heterocycles. The Morgan fingerprint density at radius 3 is 2.88 bits per heavy atom. The molecule has 1 N–H and O–H groups in total. The van der Waals surface area contributed by atoms with Gasteiger partial charge in [0.15, 0.2) is 5.75 Å². The lowest BCUT2D eigenvalue weighted by molar-refractivity contribution is -0.385. The van der Waals surface area contributed by atoms with Crippen LogP contribution in [0, 0.1) is 10.1 Å². The molecule has 2 rings (SSSR count). The molecule has 0 bridgehead atoms. The average molecular weight is 221 g/mol. The number of hydrogen-bond acceptors (Lipinski definition) is 5. The number of hydrogen-bond donors (Lipinski definition) is 1. The van der Waals surface area contributed by atoms with Gasteiger partial charge < -0.3 is 9.72 Å². The number of rotatable bonds is 2. The van der Waals surface area contributed by atoms with Crippen molar-refractivity contribution in [1.82, 2.24) is 9.97 Å². The highest BCUT2D eigenvalue weighted by molar-refractivity contribution is 5.82. The van der Waals surface area contributed by atoms with E-state index < -0.39 is 4.92 Å². The van der Waals surface area contributed by atoms with E-state index in [-0.39, 0.29) is 27.9 Å². The predicted molar refractivity (Wildman–Crippen MR) is 55.6 cm³/mol. The number of ether oxygens (including phenoxy) is 1. The van der Waals surface area contributed by atoms with E-state index in [4.69, 9.17) is 4.74 Å². The third-order valence-corrected chi connectivity index (χ3v) is 2.14. The smallest absolute Gasteiger partial charge is 0.313 e. The van der Waals surface area contributed by atoms with Crippen molar-refractivity contribution in [3.63, 3.8) is 0 Å². The molecule has 0 fully saturated rings. The highest BCUT2D eigenvalue weighted by Gasteiger charge is 2.17. The van der Waals surface area contributed by atoms with Gasteiger partial charge in [-0.2, -0.15) is 0 Å². The molecule has 0 spiro atoms. The first-order chi connectivity index (χ1) is 7.63. The maximum atomic E-state index is 11.4. The number of nitrogens with zero attached hydrogens (tertiary/aromatic N) is 2. The van der Waals surface area contributed by atoms with Crippen LogP contribution in [0.5, 0.6) is 5.75 Å². The van der Waals surface area contributed by atoms with Crippen molar-refractivity contribution in [2.45, 2.75) is 0 Å². The maximum absolute atomic E-state index is 11.4. The highest BCUT2D eigenvalue weighted by Crippen LogP contribution is 2.29. The lowest BCUT2D eigenvalue weighted by atomic mass is 10.2. The lowest BCUT2D eigenvalue weighted by Gasteiger charge is -2.02. The number of H-pyrrole nitrogens is 1. The summed E-state index contributed by atoms with van der Waals surface area (Å²) >= 11 is 0. The Morgan fingerprint density at radius 1 is 1.50 bits per heavy atom. The number of aromatic amines is 1. The Labute approximate surface area is 88.8 Å². The Morgan fingerprint density at radius 2 is 2.25 bits per heavy atom. The van der Waals surface area contributed by atoms with Crippen molar-refractivity contribution >= 4 is 16.6 Å². The lowest BCUT2D eigenvalue weighted by Crippen LogP contribution is -2.07. The minimum Gasteiger partial charge on any atom is -0.490 e. The first-order valence-electron chi connectivity index (χ1n) is 4.33. The Kier molecular flexibility index (Phi) is 2.28. The first kappa shape index (κ1) is 10.1. The summed E-state index contributed by atoms with van der Waals surface area (Å²) in [7, 11) is 1.30. The normalized spacial score (nSPS) is 10.3. The number of fused-ring (bicyclic) bond motifs is 1. The Hall–Kier alpha value is -2.44. The predicted octanol–water partition coefficient (Wildman–Crippen LogP) is 0.840. The molecule has 7 nitrogen and oxygen atoms in total. The molecule has 82 valence electrons. The van der Waals surface area contributed by atoms with E-state index in [1.165, 1.54) is 25.6 Å². The molecular weight excluding hydrogens is 214 g/mol. The van der Waals surface area contributed by atoms with Gasteiger partial charge in [0.2, 0.25) is 0 Å². The summed E-state index contributed by atoms with van der Waals surface area (Å²) in [5.74, 6) is 0.0380. The first-order valence-corrected chi connectivity index (χ1v) is 4.33. The van der Waals surface area contributed by atoms with E-state index in [9.17, 15) is 14.9 Å². The molecule has 0 atom stereocenters. The minimum atomic E-state index is -0.582. The summed E-state index contributed by atoms with van der Waals surface area (Å²) in [5.41, 5.74) is -0.317. The third kappa shape index (κ3) is 1.48. The Bertz CT molecular complexity index is 620. The molecule has 0 saturated carbocycles. The summed E-state index contributed by atoms with van der Waals surface area (Å²) in [5, 5.41) is 11.0. The van der Waals surface area contributed by atoms with Crippen LogP contribution in [0.2, 0.25) is 0 Å². The SMILES string of the molecule is COc1cc2c(=O)[nH]cnc2cc1[N+](=O)[O-]. The van der Waals surface area contributed by atoms with Crippen molar-refractivity contribution in [1.29, 1.82) is 0 Å². The standard InChI is InChI=1S/C9H7N3O4/c1-16-8-2-5-6(3-7(8)12(14)15)10-4-11-9(5)13/h2-4H,1H3,(H,10,11,13). The largest absolute Gasteiger partial charge is 0.490 e. The number of nitrogens with one attached hydrogen (secondary N) is 1. The number of benzene rings is 1. The molecule has 0 amide bonds. The molecule has 7 heteroatoms. The van der Waals surface area contributed by atoms with E-state index in [1.54, 1.807) is 0 Å². The van der Waals surface area contributed by atoms with Gasteiger partial charge in [0, 0.05) is 12.1 Å². The van der Waals surface area contributed by atoms with Gasteiger partial charge in [-0.15, -0.1) is 0 Å². The molecule has 0 unspecified atom stereocenters. The number of aromatic nitrogens is 2. The van der Waals surface area contributed by atoms with Crippen LogP contribution in [0.4, 0.5) is 5.69 Å². The third-order valence-electron chi connectivity index (χ3n) is 2.14. The van der Waals surface area contributed by atoms with Crippen molar-refractivity contribution in [2.75, 3.05) is 7.11 Å². The maximum Gasteiger partial charge on any atom is 0.313 e. The van der Waals surface area contributed by atoms with Gasteiger partial charge in [0.25, 0.3) is 5.56 Å². The van der Waals surface area contributed by atoms with Crippen molar-refractivity contribution < 1.29 is 9.66 Å². The molecule has 0 aliphatic heterocycles. The molecule has 0 aliphatic rings. The molecule has 1 aromatic heterocycles. The molecular formula is C9H7N3O4. The summed E-state index contributed by atoms with van der Waals surface area (Å²) in [6.07, 6.45) is 1.20. The average Bonchev–Trinajstić information content (AvgIpc) is 2.28. The zero-order valence-electron chi connectivity index (χ0n) is 8.26. The molecule has 16 heavy (non-hydrogen) atoms. The minimum absolute atomic E-state index is 0.0380. The molecule has 0 radical (unpaired) electrons. The van der Waals surface area contributed by atoms with Crippen molar-refractivity contribution in [2.24, 2.45) is 0 Å². The van der Waals surface area contributed by atoms with Crippen LogP contribution >= 0.6 is 0 Å². The van der Waals surface area contributed by atoms with Gasteiger partial charge >= 0.3 is 5.69 Å². The van der Waals surface area contributed by atoms with Gasteiger partial charge in [-0.1, -0.05) is 0 Å². The van der Waals surface area contributed by atoms with Crippen molar-refractivity contribution in [3.8, 4) is 5.75 Å². The second-order valence-corrected chi connectivity index (χ2v) is 3.03. The Balaban J connectivity index is 2.86. The molecule has 0 saturated heterocycles. The second kappa shape index (κ2) is 3.61.